The minimum Gasteiger partial charge on any atom is -0.290 e. The average Bonchev–Trinajstić information content (AvgIpc) is 1.86. The van der Waals surface area contributed by atoms with Gasteiger partial charge in [-0.25, -0.2) is 0 Å². The van der Waals surface area contributed by atoms with E-state index in [0.29, 0.717) is 17.4 Å². The maximum Gasteiger partial charge on any atom is 0.0539 e. The van der Waals surface area contributed by atoms with Gasteiger partial charge in [-0.2, -0.15) is 0 Å². The molecule has 0 fully saturated rings. The molecule has 1 heteroatoms. The Morgan fingerprint density at radius 2 is 1.91 bits per heavy atom. The Kier molecular flexibility index (Phi) is 2.17. The average molecular weight is 151 g/mol. The van der Waals surface area contributed by atoms with Crippen molar-refractivity contribution in [3.05, 3.63) is 12.2 Å². The molecule has 11 heavy (non-hydrogen) atoms. The Hall–Kier alpha value is -0.590. The van der Waals surface area contributed by atoms with Crippen molar-refractivity contribution >= 4 is 6.21 Å². The fraction of sp³-hybridized carbons (Fsp3) is 0.700. The summed E-state index contributed by atoms with van der Waals surface area (Å²) in [5.41, 5.74) is 0.341. The van der Waals surface area contributed by atoms with Crippen LogP contribution in [-0.2, 0) is 0 Å². The van der Waals surface area contributed by atoms with E-state index in [1.807, 2.05) is 6.21 Å². The zero-order valence-electron chi connectivity index (χ0n) is 7.83. The van der Waals surface area contributed by atoms with Crippen molar-refractivity contribution in [1.82, 2.24) is 0 Å². The van der Waals surface area contributed by atoms with E-state index >= 15 is 0 Å². The summed E-state index contributed by atoms with van der Waals surface area (Å²) >= 11 is 0. The summed E-state index contributed by atoms with van der Waals surface area (Å²) in [5.74, 6) is 0.590. The predicted molar refractivity (Wildman–Crippen MR) is 50.0 cm³/mol. The molecule has 2 atom stereocenters. The van der Waals surface area contributed by atoms with Crippen molar-refractivity contribution in [3.8, 4) is 0 Å². The first-order valence-corrected chi connectivity index (χ1v) is 4.22. The first-order valence-electron chi connectivity index (χ1n) is 4.22. The Morgan fingerprint density at radius 3 is 2.27 bits per heavy atom. The molecule has 1 nitrogen and oxygen atoms in total. The van der Waals surface area contributed by atoms with Crippen LogP contribution < -0.4 is 0 Å². The number of hydrogen-bond donors (Lipinski definition) is 0. The number of allylic oxidation sites excluding steroid dienone is 1. The van der Waals surface area contributed by atoms with Crippen LogP contribution in [0, 0.1) is 11.3 Å². The molecular formula is C10H17N. The van der Waals surface area contributed by atoms with E-state index < -0.39 is 0 Å². The molecule has 62 valence electrons. The molecule has 0 saturated carbocycles. The molecule has 0 aromatic rings. The lowest BCUT2D eigenvalue weighted by Crippen LogP contribution is -2.28. The van der Waals surface area contributed by atoms with Gasteiger partial charge in [-0.1, -0.05) is 26.8 Å². The first kappa shape index (κ1) is 8.51. The summed E-state index contributed by atoms with van der Waals surface area (Å²) in [7, 11) is 0. The third kappa shape index (κ3) is 1.92. The maximum absolute atomic E-state index is 4.37. The topological polar surface area (TPSA) is 12.4 Å². The minimum atomic E-state index is 0.341. The Bertz CT molecular complexity index is 184. The van der Waals surface area contributed by atoms with Crippen LogP contribution in [0.1, 0.15) is 27.7 Å². The predicted octanol–water partition coefficient (Wildman–Crippen LogP) is 2.68. The van der Waals surface area contributed by atoms with E-state index in [0.717, 1.165) is 0 Å². The largest absolute Gasteiger partial charge is 0.290 e. The zero-order valence-corrected chi connectivity index (χ0v) is 7.83. The van der Waals surface area contributed by atoms with Gasteiger partial charge in [0, 0.05) is 12.1 Å². The van der Waals surface area contributed by atoms with E-state index in [-0.39, 0.29) is 0 Å². The molecule has 1 aliphatic heterocycles. The van der Waals surface area contributed by atoms with Gasteiger partial charge in [-0.15, -0.1) is 0 Å². The molecule has 0 saturated heterocycles. The fourth-order valence-corrected chi connectivity index (χ4v) is 1.62. The van der Waals surface area contributed by atoms with Gasteiger partial charge in [0.1, 0.15) is 0 Å². The van der Waals surface area contributed by atoms with Gasteiger partial charge in [-0.05, 0) is 18.4 Å². The summed E-state index contributed by atoms with van der Waals surface area (Å²) in [5, 5.41) is 0. The molecule has 1 heterocycles. The molecule has 0 aromatic carbocycles. The number of hydrogen-bond acceptors (Lipinski definition) is 1. The van der Waals surface area contributed by atoms with Crippen molar-refractivity contribution in [2.24, 2.45) is 16.3 Å². The second-order valence-corrected chi connectivity index (χ2v) is 4.32. The standard InChI is InChI=1S/C10H17N/c1-8-9(10(2,3)4)6-5-7-11-8/h5-9H,1-4H3. The molecule has 1 aliphatic rings. The zero-order chi connectivity index (χ0) is 8.48. The lowest BCUT2D eigenvalue weighted by atomic mass is 9.76. The van der Waals surface area contributed by atoms with Gasteiger partial charge in [0.2, 0.25) is 0 Å². The van der Waals surface area contributed by atoms with Gasteiger partial charge in [0.25, 0.3) is 0 Å². The summed E-state index contributed by atoms with van der Waals surface area (Å²) in [6.45, 7) is 8.97. The fourth-order valence-electron chi connectivity index (χ4n) is 1.62. The van der Waals surface area contributed by atoms with Crippen molar-refractivity contribution in [3.63, 3.8) is 0 Å². The van der Waals surface area contributed by atoms with Crippen LogP contribution in [0.15, 0.2) is 17.1 Å². The van der Waals surface area contributed by atoms with E-state index in [4.69, 9.17) is 0 Å². The molecule has 0 aliphatic carbocycles. The molecule has 0 aromatic heterocycles. The van der Waals surface area contributed by atoms with E-state index in [2.05, 4.69) is 44.8 Å². The van der Waals surface area contributed by atoms with Crippen LogP contribution in [0.25, 0.3) is 0 Å². The molecule has 2 unspecified atom stereocenters. The number of nitrogens with zero attached hydrogens (tertiary/aromatic N) is 1. The van der Waals surface area contributed by atoms with Crippen molar-refractivity contribution in [2.45, 2.75) is 33.7 Å². The normalized spacial score (nSPS) is 30.9. The van der Waals surface area contributed by atoms with Crippen molar-refractivity contribution in [1.29, 1.82) is 0 Å². The van der Waals surface area contributed by atoms with Gasteiger partial charge in [0.05, 0.1) is 6.04 Å². The van der Waals surface area contributed by atoms with Crippen LogP contribution in [0.4, 0.5) is 0 Å². The summed E-state index contributed by atoms with van der Waals surface area (Å²) < 4.78 is 0. The van der Waals surface area contributed by atoms with Gasteiger partial charge in [-0.3, -0.25) is 4.99 Å². The van der Waals surface area contributed by atoms with Gasteiger partial charge < -0.3 is 0 Å². The smallest absolute Gasteiger partial charge is 0.0539 e. The van der Waals surface area contributed by atoms with E-state index in [1.54, 1.807) is 0 Å². The van der Waals surface area contributed by atoms with Crippen LogP contribution in [0.5, 0.6) is 0 Å². The highest BCUT2D eigenvalue weighted by atomic mass is 14.8. The van der Waals surface area contributed by atoms with Crippen LogP contribution in [-0.4, -0.2) is 12.3 Å². The highest BCUT2D eigenvalue weighted by Gasteiger charge is 2.27. The molecule has 0 bridgehead atoms. The monoisotopic (exact) mass is 151 g/mol. The molecule has 1 rings (SSSR count). The maximum atomic E-state index is 4.37. The Morgan fingerprint density at radius 1 is 1.27 bits per heavy atom. The number of aliphatic imine (C=N–C) groups is 1. The third-order valence-corrected chi connectivity index (χ3v) is 2.25. The van der Waals surface area contributed by atoms with Crippen molar-refractivity contribution < 1.29 is 0 Å². The van der Waals surface area contributed by atoms with Gasteiger partial charge >= 0.3 is 0 Å². The molecule has 0 amide bonds. The summed E-state index contributed by atoms with van der Waals surface area (Å²) in [4.78, 5) is 4.37. The highest BCUT2D eigenvalue weighted by molar-refractivity contribution is 5.72. The first-order chi connectivity index (χ1) is 5.02. The van der Waals surface area contributed by atoms with Crippen LogP contribution >= 0.6 is 0 Å². The summed E-state index contributed by atoms with van der Waals surface area (Å²) in [6.07, 6.45) is 6.21. The Balaban J connectivity index is 2.74. The SMILES string of the molecule is CC1N=CC=CC1C(C)(C)C. The van der Waals surface area contributed by atoms with Gasteiger partial charge in [0.15, 0.2) is 0 Å². The number of dihydropyridines is 1. The third-order valence-electron chi connectivity index (χ3n) is 2.25. The lowest BCUT2D eigenvalue weighted by Gasteiger charge is -2.32. The molecular weight excluding hydrogens is 134 g/mol. The minimum absolute atomic E-state index is 0.341. The molecule has 0 radical (unpaired) electrons. The van der Waals surface area contributed by atoms with E-state index in [1.165, 1.54) is 0 Å². The lowest BCUT2D eigenvalue weighted by molar-refractivity contribution is 0.260. The second kappa shape index (κ2) is 2.80. The Labute approximate surface area is 69.2 Å². The second-order valence-electron chi connectivity index (χ2n) is 4.32. The molecule has 0 N–H and O–H groups in total. The van der Waals surface area contributed by atoms with E-state index in [9.17, 15) is 0 Å². The van der Waals surface area contributed by atoms with Crippen LogP contribution in [0.2, 0.25) is 0 Å². The van der Waals surface area contributed by atoms with Crippen LogP contribution in [0.3, 0.4) is 0 Å². The highest BCUT2D eigenvalue weighted by Crippen LogP contribution is 2.32. The number of rotatable bonds is 0. The van der Waals surface area contributed by atoms with Crippen molar-refractivity contribution in [2.75, 3.05) is 0 Å². The summed E-state index contributed by atoms with van der Waals surface area (Å²) in [6, 6.07) is 0.444. The quantitative estimate of drug-likeness (QED) is 0.504. The molecule has 0 spiro atoms.